The molecule has 1 aromatic carbocycles. The lowest BCUT2D eigenvalue weighted by atomic mass is 10.2. The molecule has 16 heavy (non-hydrogen) atoms. The first kappa shape index (κ1) is 13.4. The molecule has 0 aliphatic heterocycles. The molecule has 0 saturated heterocycles. The zero-order valence-corrected chi connectivity index (χ0v) is 9.78. The summed E-state index contributed by atoms with van der Waals surface area (Å²) >= 11 is 3.23. The molecule has 0 fully saturated rings. The Bertz CT molecular complexity index is 343. The standard InChI is InChI=1S/C10H10BrF4N/c11-8-4-2-1-3-7(8)5-16-6-10(14,15)9(12)13/h1-4,9,16H,5-6H2. The Morgan fingerprint density at radius 1 is 1.25 bits per heavy atom. The lowest BCUT2D eigenvalue weighted by Crippen LogP contribution is -2.38. The Hall–Kier alpha value is -0.620. The molecule has 1 aromatic rings. The van der Waals surface area contributed by atoms with Gasteiger partial charge < -0.3 is 5.32 Å². The van der Waals surface area contributed by atoms with Crippen LogP contribution in [0.3, 0.4) is 0 Å². The quantitative estimate of drug-likeness (QED) is 0.821. The molecule has 0 amide bonds. The van der Waals surface area contributed by atoms with Crippen LogP contribution in [0.15, 0.2) is 28.7 Å². The average Bonchev–Trinajstić information content (AvgIpc) is 2.20. The van der Waals surface area contributed by atoms with E-state index in [1.807, 2.05) is 0 Å². The molecule has 90 valence electrons. The Morgan fingerprint density at radius 2 is 1.88 bits per heavy atom. The summed E-state index contributed by atoms with van der Waals surface area (Å²) in [5.41, 5.74) is 0.743. The molecule has 1 rings (SSSR count). The molecule has 0 radical (unpaired) electrons. The van der Waals surface area contributed by atoms with Gasteiger partial charge in [0.2, 0.25) is 0 Å². The van der Waals surface area contributed by atoms with Crippen molar-refractivity contribution in [2.45, 2.75) is 18.9 Å². The number of benzene rings is 1. The molecule has 6 heteroatoms. The molecule has 0 saturated carbocycles. The van der Waals surface area contributed by atoms with Crippen LogP contribution >= 0.6 is 15.9 Å². The fraction of sp³-hybridized carbons (Fsp3) is 0.400. The van der Waals surface area contributed by atoms with Crippen LogP contribution in [0.4, 0.5) is 17.6 Å². The van der Waals surface area contributed by atoms with E-state index in [1.54, 1.807) is 24.3 Å². The van der Waals surface area contributed by atoms with Gasteiger partial charge in [0.05, 0.1) is 6.54 Å². The minimum atomic E-state index is -3.98. The van der Waals surface area contributed by atoms with Gasteiger partial charge in [-0.1, -0.05) is 34.1 Å². The number of halogens is 5. The smallest absolute Gasteiger partial charge is 0.307 e. The molecule has 0 spiro atoms. The summed E-state index contributed by atoms with van der Waals surface area (Å²) < 4.78 is 49.4. The fourth-order valence-corrected chi connectivity index (χ4v) is 1.51. The van der Waals surface area contributed by atoms with Crippen LogP contribution < -0.4 is 5.32 Å². The van der Waals surface area contributed by atoms with Gasteiger partial charge in [-0.2, -0.15) is 8.78 Å². The third-order valence-corrected chi connectivity index (χ3v) is 2.73. The monoisotopic (exact) mass is 299 g/mol. The van der Waals surface area contributed by atoms with Crippen molar-refractivity contribution < 1.29 is 17.6 Å². The van der Waals surface area contributed by atoms with Crippen LogP contribution in [0.2, 0.25) is 0 Å². The second kappa shape index (κ2) is 5.63. The molecular weight excluding hydrogens is 290 g/mol. The predicted molar refractivity (Wildman–Crippen MR) is 56.8 cm³/mol. The van der Waals surface area contributed by atoms with Crippen LogP contribution in [-0.4, -0.2) is 18.9 Å². The SMILES string of the molecule is FC(F)C(F)(F)CNCc1ccccc1Br. The summed E-state index contributed by atoms with van der Waals surface area (Å²) in [5, 5.41) is 2.30. The molecule has 1 nitrogen and oxygen atoms in total. The van der Waals surface area contributed by atoms with Crippen molar-refractivity contribution in [3.63, 3.8) is 0 Å². The van der Waals surface area contributed by atoms with Gasteiger partial charge in [-0.25, -0.2) is 8.78 Å². The van der Waals surface area contributed by atoms with Gasteiger partial charge in [-0.15, -0.1) is 0 Å². The molecule has 0 aromatic heterocycles. The summed E-state index contributed by atoms with van der Waals surface area (Å²) in [6, 6.07) is 6.99. The lowest BCUT2D eigenvalue weighted by molar-refractivity contribution is -0.125. The molecular formula is C10H10BrF4N. The maximum Gasteiger partial charge on any atom is 0.319 e. The van der Waals surface area contributed by atoms with E-state index in [1.165, 1.54) is 0 Å². The molecule has 0 heterocycles. The van der Waals surface area contributed by atoms with Gasteiger partial charge in [0, 0.05) is 11.0 Å². The normalized spacial score (nSPS) is 12.1. The summed E-state index contributed by atoms with van der Waals surface area (Å²) in [5.74, 6) is -3.98. The predicted octanol–water partition coefficient (Wildman–Crippen LogP) is 3.44. The van der Waals surface area contributed by atoms with E-state index in [4.69, 9.17) is 0 Å². The van der Waals surface area contributed by atoms with Crippen molar-refractivity contribution in [2.24, 2.45) is 0 Å². The highest BCUT2D eigenvalue weighted by atomic mass is 79.9. The van der Waals surface area contributed by atoms with E-state index in [2.05, 4.69) is 21.2 Å². The molecule has 1 N–H and O–H groups in total. The maximum absolute atomic E-state index is 12.5. The number of rotatable bonds is 5. The summed E-state index contributed by atoms with van der Waals surface area (Å²) in [6.07, 6.45) is -3.64. The lowest BCUT2D eigenvalue weighted by Gasteiger charge is -2.16. The van der Waals surface area contributed by atoms with Gasteiger partial charge in [0.15, 0.2) is 0 Å². The Labute approximate surface area is 99.0 Å². The van der Waals surface area contributed by atoms with Gasteiger partial charge in [-0.3, -0.25) is 0 Å². The minimum Gasteiger partial charge on any atom is -0.307 e. The third-order valence-electron chi connectivity index (χ3n) is 1.95. The van der Waals surface area contributed by atoms with E-state index in [0.717, 1.165) is 10.0 Å². The third kappa shape index (κ3) is 3.75. The molecule has 0 atom stereocenters. The molecule has 0 unspecified atom stereocenters. The zero-order valence-electron chi connectivity index (χ0n) is 8.19. The summed E-state index contributed by atoms with van der Waals surface area (Å²) in [4.78, 5) is 0. The van der Waals surface area contributed by atoms with Gasteiger partial charge >= 0.3 is 12.3 Å². The molecule has 0 aliphatic rings. The average molecular weight is 300 g/mol. The Morgan fingerprint density at radius 3 is 2.44 bits per heavy atom. The Kier molecular flexibility index (Phi) is 4.73. The highest BCUT2D eigenvalue weighted by Crippen LogP contribution is 2.22. The van der Waals surface area contributed by atoms with Crippen molar-refractivity contribution in [1.29, 1.82) is 0 Å². The minimum absolute atomic E-state index is 0.115. The Balaban J connectivity index is 2.45. The van der Waals surface area contributed by atoms with Crippen LogP contribution in [0, 0.1) is 0 Å². The summed E-state index contributed by atoms with van der Waals surface area (Å²) in [7, 11) is 0. The fourth-order valence-electron chi connectivity index (χ4n) is 1.08. The van der Waals surface area contributed by atoms with Gasteiger partial charge in [0.1, 0.15) is 0 Å². The number of hydrogen-bond acceptors (Lipinski definition) is 1. The highest BCUT2D eigenvalue weighted by molar-refractivity contribution is 9.10. The van der Waals surface area contributed by atoms with Crippen LogP contribution in [-0.2, 0) is 6.54 Å². The first-order valence-corrected chi connectivity index (χ1v) is 5.33. The van der Waals surface area contributed by atoms with Crippen molar-refractivity contribution in [1.82, 2.24) is 5.32 Å². The van der Waals surface area contributed by atoms with Crippen molar-refractivity contribution in [3.05, 3.63) is 34.3 Å². The first-order valence-electron chi connectivity index (χ1n) is 4.53. The van der Waals surface area contributed by atoms with Crippen molar-refractivity contribution >= 4 is 15.9 Å². The number of alkyl halides is 4. The summed E-state index contributed by atoms with van der Waals surface area (Å²) in [6.45, 7) is -0.921. The van der Waals surface area contributed by atoms with E-state index >= 15 is 0 Å². The molecule has 0 bridgehead atoms. The highest BCUT2D eigenvalue weighted by Gasteiger charge is 2.39. The topological polar surface area (TPSA) is 12.0 Å². The van der Waals surface area contributed by atoms with Crippen molar-refractivity contribution in [3.8, 4) is 0 Å². The molecule has 0 aliphatic carbocycles. The van der Waals surface area contributed by atoms with Crippen LogP contribution in [0.25, 0.3) is 0 Å². The number of nitrogens with one attached hydrogen (secondary N) is 1. The van der Waals surface area contributed by atoms with E-state index in [9.17, 15) is 17.6 Å². The second-order valence-electron chi connectivity index (χ2n) is 3.26. The van der Waals surface area contributed by atoms with E-state index in [0.29, 0.717) is 0 Å². The van der Waals surface area contributed by atoms with Crippen molar-refractivity contribution in [2.75, 3.05) is 6.54 Å². The maximum atomic E-state index is 12.5. The van der Waals surface area contributed by atoms with Crippen LogP contribution in [0.1, 0.15) is 5.56 Å². The first-order chi connectivity index (χ1) is 7.43. The van der Waals surface area contributed by atoms with E-state index in [-0.39, 0.29) is 6.54 Å². The second-order valence-corrected chi connectivity index (χ2v) is 4.11. The van der Waals surface area contributed by atoms with Gasteiger partial charge in [0.25, 0.3) is 0 Å². The number of hydrogen-bond donors (Lipinski definition) is 1. The van der Waals surface area contributed by atoms with Gasteiger partial charge in [-0.05, 0) is 11.6 Å². The zero-order chi connectivity index (χ0) is 12.2. The largest absolute Gasteiger partial charge is 0.319 e. The van der Waals surface area contributed by atoms with E-state index < -0.39 is 18.9 Å². The van der Waals surface area contributed by atoms with Crippen LogP contribution in [0.5, 0.6) is 0 Å².